The normalized spacial score (nSPS) is 19.1. The maximum atomic E-state index is 14.0. The van der Waals surface area contributed by atoms with Crippen LogP contribution in [0, 0.1) is 11.7 Å². The first-order chi connectivity index (χ1) is 14.0. The van der Waals surface area contributed by atoms with Gasteiger partial charge in [-0.1, -0.05) is 24.3 Å². The molecule has 150 valence electrons. The zero-order valence-electron chi connectivity index (χ0n) is 15.9. The zero-order chi connectivity index (χ0) is 20.4. The number of hydrogen-bond donors (Lipinski definition) is 1. The first-order valence-corrected chi connectivity index (χ1v) is 9.75. The van der Waals surface area contributed by atoms with Crippen molar-refractivity contribution < 1.29 is 18.8 Å². The van der Waals surface area contributed by atoms with Gasteiger partial charge in [-0.25, -0.2) is 4.39 Å². The summed E-state index contributed by atoms with van der Waals surface area (Å²) in [5, 5.41) is 2.85. The Labute approximate surface area is 168 Å². The maximum Gasteiger partial charge on any atom is 0.227 e. The quantitative estimate of drug-likeness (QED) is 0.846. The van der Waals surface area contributed by atoms with Gasteiger partial charge in [0.25, 0.3) is 0 Å². The van der Waals surface area contributed by atoms with Gasteiger partial charge in [-0.05, 0) is 36.2 Å². The van der Waals surface area contributed by atoms with Gasteiger partial charge in [0, 0.05) is 38.2 Å². The van der Waals surface area contributed by atoms with E-state index in [0.717, 1.165) is 24.2 Å². The minimum Gasteiger partial charge on any atom is -0.352 e. The second kappa shape index (κ2) is 8.03. The average Bonchev–Trinajstić information content (AvgIpc) is 3.32. The monoisotopic (exact) mass is 395 g/mol. The van der Waals surface area contributed by atoms with Crippen molar-refractivity contribution in [2.75, 3.05) is 22.9 Å². The van der Waals surface area contributed by atoms with Crippen LogP contribution in [-0.2, 0) is 20.9 Å². The molecule has 2 aromatic carbocycles. The van der Waals surface area contributed by atoms with E-state index in [-0.39, 0.29) is 36.4 Å². The summed E-state index contributed by atoms with van der Waals surface area (Å²) in [6, 6.07) is 13.6. The van der Waals surface area contributed by atoms with Crippen LogP contribution in [-0.4, -0.2) is 30.8 Å². The third-order valence-electron chi connectivity index (χ3n) is 5.43. The Bertz CT molecular complexity index is 945. The fraction of sp³-hybridized carbons (Fsp3) is 0.318. The molecule has 0 aromatic heterocycles. The molecular weight excluding hydrogens is 373 g/mol. The summed E-state index contributed by atoms with van der Waals surface area (Å²) < 4.78 is 14.0. The lowest BCUT2D eigenvalue weighted by molar-refractivity contribution is -0.126. The fourth-order valence-corrected chi connectivity index (χ4v) is 3.84. The van der Waals surface area contributed by atoms with E-state index in [1.807, 2.05) is 24.3 Å². The van der Waals surface area contributed by atoms with E-state index in [9.17, 15) is 18.8 Å². The summed E-state index contributed by atoms with van der Waals surface area (Å²) in [5.74, 6) is -1.33. The molecule has 0 saturated carbocycles. The molecule has 1 atom stereocenters. The second-order valence-corrected chi connectivity index (χ2v) is 7.39. The standard InChI is InChI=1S/C22H22FN3O3/c23-18-4-1-2-5-19(18)26-14-16(12-21(26)28)22(29)24-13-15-7-9-17(10-8-15)25-11-3-6-20(25)27/h1-2,4-5,7-10,16H,3,6,11-14H2,(H,24,29)/t16-/m0/s1. The van der Waals surface area contributed by atoms with Crippen LogP contribution in [0.2, 0.25) is 0 Å². The van der Waals surface area contributed by atoms with Crippen LogP contribution in [0.1, 0.15) is 24.8 Å². The van der Waals surface area contributed by atoms with E-state index >= 15 is 0 Å². The van der Waals surface area contributed by atoms with Gasteiger partial charge in [0.1, 0.15) is 5.82 Å². The number of amides is 3. The third kappa shape index (κ3) is 3.99. The Kier molecular flexibility index (Phi) is 5.29. The lowest BCUT2D eigenvalue weighted by atomic mass is 10.1. The van der Waals surface area contributed by atoms with Gasteiger partial charge >= 0.3 is 0 Å². The Morgan fingerprint density at radius 2 is 1.79 bits per heavy atom. The Morgan fingerprint density at radius 3 is 2.48 bits per heavy atom. The molecule has 1 N–H and O–H groups in total. The number of rotatable bonds is 5. The van der Waals surface area contributed by atoms with Crippen molar-refractivity contribution in [3.8, 4) is 0 Å². The number of nitrogens with zero attached hydrogens (tertiary/aromatic N) is 2. The Morgan fingerprint density at radius 1 is 1.03 bits per heavy atom. The van der Waals surface area contributed by atoms with Crippen LogP contribution in [0.15, 0.2) is 48.5 Å². The Hall–Kier alpha value is -3.22. The molecule has 0 bridgehead atoms. The van der Waals surface area contributed by atoms with Crippen molar-refractivity contribution in [1.29, 1.82) is 0 Å². The van der Waals surface area contributed by atoms with E-state index in [4.69, 9.17) is 0 Å². The summed E-state index contributed by atoms with van der Waals surface area (Å²) in [5.41, 5.74) is 1.98. The molecule has 0 radical (unpaired) electrons. The van der Waals surface area contributed by atoms with Crippen LogP contribution in [0.4, 0.5) is 15.8 Å². The number of halogens is 1. The SMILES string of the molecule is O=C(NCc1ccc(N2CCCC2=O)cc1)[C@H]1CC(=O)N(c2ccccc2F)C1. The van der Waals surface area contributed by atoms with E-state index in [1.165, 1.54) is 11.0 Å². The number of nitrogens with one attached hydrogen (secondary N) is 1. The first kappa shape index (κ1) is 19.1. The third-order valence-corrected chi connectivity index (χ3v) is 5.43. The number of hydrogen-bond acceptors (Lipinski definition) is 3. The second-order valence-electron chi connectivity index (χ2n) is 7.39. The summed E-state index contributed by atoms with van der Waals surface area (Å²) in [6.07, 6.45) is 1.53. The summed E-state index contributed by atoms with van der Waals surface area (Å²) in [6.45, 7) is 1.24. The van der Waals surface area contributed by atoms with Crippen LogP contribution < -0.4 is 15.1 Å². The number of carbonyl (C=O) groups excluding carboxylic acids is 3. The smallest absolute Gasteiger partial charge is 0.227 e. The zero-order valence-corrected chi connectivity index (χ0v) is 15.9. The molecule has 7 heteroatoms. The van der Waals surface area contributed by atoms with Crippen molar-refractivity contribution in [2.24, 2.45) is 5.92 Å². The van der Waals surface area contributed by atoms with Crippen molar-refractivity contribution in [3.05, 3.63) is 59.9 Å². The summed E-state index contributed by atoms with van der Waals surface area (Å²) in [7, 11) is 0. The molecule has 2 saturated heterocycles. The number of benzene rings is 2. The van der Waals surface area contributed by atoms with Gasteiger partial charge in [-0.3, -0.25) is 14.4 Å². The van der Waals surface area contributed by atoms with Crippen molar-refractivity contribution in [2.45, 2.75) is 25.8 Å². The minimum absolute atomic E-state index is 0.0657. The molecule has 29 heavy (non-hydrogen) atoms. The van der Waals surface area contributed by atoms with Crippen LogP contribution in [0.5, 0.6) is 0 Å². The van der Waals surface area contributed by atoms with Gasteiger partial charge in [-0.2, -0.15) is 0 Å². The molecule has 0 spiro atoms. The fourth-order valence-electron chi connectivity index (χ4n) is 3.84. The molecule has 6 nitrogen and oxygen atoms in total. The van der Waals surface area contributed by atoms with Crippen LogP contribution in [0.25, 0.3) is 0 Å². The highest BCUT2D eigenvalue weighted by atomic mass is 19.1. The van der Waals surface area contributed by atoms with Gasteiger partial charge in [0.2, 0.25) is 17.7 Å². The van der Waals surface area contributed by atoms with Gasteiger partial charge in [-0.15, -0.1) is 0 Å². The van der Waals surface area contributed by atoms with Crippen molar-refractivity contribution >= 4 is 29.1 Å². The van der Waals surface area contributed by atoms with Crippen molar-refractivity contribution in [1.82, 2.24) is 5.32 Å². The van der Waals surface area contributed by atoms with Gasteiger partial charge in [0.15, 0.2) is 0 Å². The molecular formula is C22H22FN3O3. The molecule has 2 fully saturated rings. The first-order valence-electron chi connectivity index (χ1n) is 9.75. The molecule has 2 heterocycles. The Balaban J connectivity index is 1.34. The number of carbonyl (C=O) groups is 3. The molecule has 2 aliphatic heterocycles. The van der Waals surface area contributed by atoms with Gasteiger partial charge in [0.05, 0.1) is 11.6 Å². The highest BCUT2D eigenvalue weighted by molar-refractivity contribution is 6.00. The van der Waals surface area contributed by atoms with Gasteiger partial charge < -0.3 is 15.1 Å². The molecule has 0 aliphatic carbocycles. The maximum absolute atomic E-state index is 14.0. The van der Waals surface area contributed by atoms with E-state index in [1.54, 1.807) is 23.1 Å². The topological polar surface area (TPSA) is 69.7 Å². The number of para-hydroxylation sites is 1. The highest BCUT2D eigenvalue weighted by Crippen LogP contribution is 2.27. The molecule has 4 rings (SSSR count). The largest absolute Gasteiger partial charge is 0.352 e. The minimum atomic E-state index is -0.511. The molecule has 0 unspecified atom stereocenters. The predicted molar refractivity (Wildman–Crippen MR) is 107 cm³/mol. The van der Waals surface area contributed by atoms with Crippen LogP contribution >= 0.6 is 0 Å². The number of anilines is 2. The lowest BCUT2D eigenvalue weighted by Gasteiger charge is -2.17. The molecule has 2 aromatic rings. The van der Waals surface area contributed by atoms with E-state index in [2.05, 4.69) is 5.32 Å². The lowest BCUT2D eigenvalue weighted by Crippen LogP contribution is -2.32. The summed E-state index contributed by atoms with van der Waals surface area (Å²) >= 11 is 0. The molecule has 2 aliphatic rings. The molecule has 3 amide bonds. The summed E-state index contributed by atoms with van der Waals surface area (Å²) in [4.78, 5) is 39.7. The predicted octanol–water partition coefficient (Wildman–Crippen LogP) is 2.62. The van der Waals surface area contributed by atoms with E-state index in [0.29, 0.717) is 13.0 Å². The van der Waals surface area contributed by atoms with E-state index < -0.39 is 11.7 Å². The van der Waals surface area contributed by atoms with Crippen molar-refractivity contribution in [3.63, 3.8) is 0 Å². The van der Waals surface area contributed by atoms with Crippen LogP contribution in [0.3, 0.4) is 0 Å². The highest BCUT2D eigenvalue weighted by Gasteiger charge is 2.36. The average molecular weight is 395 g/mol.